The molecule has 1 aromatic heterocycles. The molecule has 15 heavy (non-hydrogen) atoms. The Hall–Kier alpha value is -1.35. The summed E-state index contributed by atoms with van der Waals surface area (Å²) in [5.74, 6) is 1.11. The van der Waals surface area contributed by atoms with E-state index in [0.717, 1.165) is 32.0 Å². The molecule has 0 aliphatic carbocycles. The molecule has 0 atom stereocenters. The van der Waals surface area contributed by atoms with E-state index in [0.29, 0.717) is 0 Å². The van der Waals surface area contributed by atoms with E-state index in [-0.39, 0.29) is 0 Å². The average Bonchev–Trinajstić information content (AvgIpc) is 2.31. The maximum Gasteiger partial charge on any atom is 0.135 e. The molecule has 1 fully saturated rings. The smallest absolute Gasteiger partial charge is 0.135 e. The minimum absolute atomic E-state index is 1.04. The topological polar surface area (TPSA) is 28.2 Å². The number of allylic oxidation sites excluding steroid dienone is 1. The molecule has 0 saturated carbocycles. The fourth-order valence-corrected chi connectivity index (χ4v) is 1.86. The molecule has 1 aliphatic heterocycles. The Kier molecular flexibility index (Phi) is 3.35. The van der Waals surface area contributed by atoms with Crippen molar-refractivity contribution in [3.8, 4) is 0 Å². The summed E-state index contributed by atoms with van der Waals surface area (Å²) in [6.45, 7) is 6.22. The number of hydrogen-bond acceptors (Lipinski definition) is 3. The predicted molar refractivity (Wildman–Crippen MR) is 64.0 cm³/mol. The summed E-state index contributed by atoms with van der Waals surface area (Å²) < 4.78 is 0. The van der Waals surface area contributed by atoms with Crippen LogP contribution >= 0.6 is 0 Å². The molecule has 2 rings (SSSR count). The van der Waals surface area contributed by atoms with Gasteiger partial charge >= 0.3 is 0 Å². The molecule has 1 saturated heterocycles. The van der Waals surface area contributed by atoms with Gasteiger partial charge in [-0.25, -0.2) is 4.98 Å². The number of rotatable bonds is 2. The van der Waals surface area contributed by atoms with Crippen LogP contribution in [0.25, 0.3) is 6.08 Å². The third kappa shape index (κ3) is 2.36. The standard InChI is InChI=1S/C12H17N3/c1-2-4-11-5-3-6-14-12(11)15-9-7-13-8-10-15/h2-6,13H,7-10H2,1H3. The highest BCUT2D eigenvalue weighted by atomic mass is 15.2. The summed E-state index contributed by atoms with van der Waals surface area (Å²) in [7, 11) is 0. The molecule has 0 amide bonds. The molecule has 0 aromatic carbocycles. The van der Waals surface area contributed by atoms with E-state index in [1.54, 1.807) is 0 Å². The summed E-state index contributed by atoms with van der Waals surface area (Å²) in [6.07, 6.45) is 6.04. The molecule has 0 bridgehead atoms. The van der Waals surface area contributed by atoms with Crippen LogP contribution in [-0.4, -0.2) is 31.2 Å². The van der Waals surface area contributed by atoms with Crippen molar-refractivity contribution < 1.29 is 0 Å². The summed E-state index contributed by atoms with van der Waals surface area (Å²) in [5, 5.41) is 3.35. The highest BCUT2D eigenvalue weighted by molar-refractivity contribution is 5.63. The first-order valence-electron chi connectivity index (χ1n) is 5.45. The van der Waals surface area contributed by atoms with E-state index < -0.39 is 0 Å². The minimum Gasteiger partial charge on any atom is -0.354 e. The number of hydrogen-bond donors (Lipinski definition) is 1. The lowest BCUT2D eigenvalue weighted by Crippen LogP contribution is -2.44. The first kappa shape index (κ1) is 10.2. The number of nitrogens with zero attached hydrogens (tertiary/aromatic N) is 2. The van der Waals surface area contributed by atoms with Crippen molar-refractivity contribution >= 4 is 11.9 Å². The van der Waals surface area contributed by atoms with Crippen LogP contribution in [0.1, 0.15) is 12.5 Å². The molecule has 2 heterocycles. The second kappa shape index (κ2) is 4.94. The summed E-state index contributed by atoms with van der Waals surface area (Å²) >= 11 is 0. The van der Waals surface area contributed by atoms with Gasteiger partial charge in [0.05, 0.1) is 0 Å². The first-order valence-corrected chi connectivity index (χ1v) is 5.45. The normalized spacial score (nSPS) is 17.3. The van der Waals surface area contributed by atoms with Gasteiger partial charge in [0.2, 0.25) is 0 Å². The van der Waals surface area contributed by atoms with E-state index in [9.17, 15) is 0 Å². The molecule has 0 radical (unpaired) electrons. The SMILES string of the molecule is CC=Cc1cccnc1N1CCNCC1. The van der Waals surface area contributed by atoms with Gasteiger partial charge < -0.3 is 10.2 Å². The van der Waals surface area contributed by atoms with Crippen molar-refractivity contribution in [1.29, 1.82) is 0 Å². The molecule has 3 heteroatoms. The third-order valence-electron chi connectivity index (χ3n) is 2.58. The number of aromatic nitrogens is 1. The largest absolute Gasteiger partial charge is 0.354 e. The summed E-state index contributed by atoms with van der Waals surface area (Å²) in [6, 6.07) is 4.10. The van der Waals surface area contributed by atoms with Crippen molar-refractivity contribution in [1.82, 2.24) is 10.3 Å². The van der Waals surface area contributed by atoms with Gasteiger partial charge in [-0.1, -0.05) is 12.2 Å². The second-order valence-electron chi connectivity index (χ2n) is 3.65. The zero-order valence-electron chi connectivity index (χ0n) is 9.11. The predicted octanol–water partition coefficient (Wildman–Crippen LogP) is 1.52. The third-order valence-corrected chi connectivity index (χ3v) is 2.58. The van der Waals surface area contributed by atoms with Crippen LogP contribution in [-0.2, 0) is 0 Å². The monoisotopic (exact) mass is 203 g/mol. The van der Waals surface area contributed by atoms with Crippen molar-refractivity contribution in [3.05, 3.63) is 30.0 Å². The Morgan fingerprint density at radius 3 is 2.93 bits per heavy atom. The van der Waals surface area contributed by atoms with Crippen molar-refractivity contribution in [2.75, 3.05) is 31.1 Å². The van der Waals surface area contributed by atoms with Gasteiger partial charge in [-0.2, -0.15) is 0 Å². The van der Waals surface area contributed by atoms with Crippen LogP contribution in [0, 0.1) is 0 Å². The van der Waals surface area contributed by atoms with Crippen molar-refractivity contribution in [2.24, 2.45) is 0 Å². The van der Waals surface area contributed by atoms with Gasteiger partial charge in [-0.3, -0.25) is 0 Å². The maximum atomic E-state index is 4.47. The van der Waals surface area contributed by atoms with Gasteiger partial charge in [-0.05, 0) is 19.1 Å². The van der Waals surface area contributed by atoms with E-state index >= 15 is 0 Å². The summed E-state index contributed by atoms with van der Waals surface area (Å²) in [4.78, 5) is 6.81. The van der Waals surface area contributed by atoms with Crippen LogP contribution in [0.5, 0.6) is 0 Å². The Labute approximate surface area is 90.8 Å². The molecule has 0 unspecified atom stereocenters. The van der Waals surface area contributed by atoms with Crippen LogP contribution in [0.2, 0.25) is 0 Å². The lowest BCUT2D eigenvalue weighted by atomic mass is 10.2. The lowest BCUT2D eigenvalue weighted by molar-refractivity contribution is 0.585. The number of pyridine rings is 1. The second-order valence-corrected chi connectivity index (χ2v) is 3.65. The van der Waals surface area contributed by atoms with Crippen LogP contribution in [0.3, 0.4) is 0 Å². The molecule has 3 nitrogen and oxygen atoms in total. The highest BCUT2D eigenvalue weighted by Gasteiger charge is 2.13. The van der Waals surface area contributed by atoms with Crippen molar-refractivity contribution in [3.63, 3.8) is 0 Å². The van der Waals surface area contributed by atoms with E-state index in [1.165, 1.54) is 5.56 Å². The lowest BCUT2D eigenvalue weighted by Gasteiger charge is -2.29. The van der Waals surface area contributed by atoms with E-state index in [2.05, 4.69) is 33.4 Å². The molecular formula is C12H17N3. The van der Waals surface area contributed by atoms with E-state index in [1.807, 2.05) is 19.2 Å². The zero-order valence-corrected chi connectivity index (χ0v) is 9.11. The van der Waals surface area contributed by atoms with Gasteiger partial charge in [0, 0.05) is 37.9 Å². The highest BCUT2D eigenvalue weighted by Crippen LogP contribution is 2.18. The quantitative estimate of drug-likeness (QED) is 0.790. The Morgan fingerprint density at radius 1 is 1.40 bits per heavy atom. The van der Waals surface area contributed by atoms with Gasteiger partial charge in [0.15, 0.2) is 0 Å². The van der Waals surface area contributed by atoms with Gasteiger partial charge in [-0.15, -0.1) is 0 Å². The van der Waals surface area contributed by atoms with Gasteiger partial charge in [0.25, 0.3) is 0 Å². The van der Waals surface area contributed by atoms with E-state index in [4.69, 9.17) is 0 Å². The fraction of sp³-hybridized carbons (Fsp3) is 0.417. The number of anilines is 1. The van der Waals surface area contributed by atoms with Crippen molar-refractivity contribution in [2.45, 2.75) is 6.92 Å². The molecule has 1 aliphatic rings. The Bertz CT molecular complexity index is 340. The molecule has 1 aromatic rings. The molecule has 1 N–H and O–H groups in total. The maximum absolute atomic E-state index is 4.47. The van der Waals surface area contributed by atoms with Gasteiger partial charge in [0.1, 0.15) is 5.82 Å². The minimum atomic E-state index is 1.04. The van der Waals surface area contributed by atoms with Crippen LogP contribution in [0.4, 0.5) is 5.82 Å². The summed E-state index contributed by atoms with van der Waals surface area (Å²) in [5.41, 5.74) is 1.21. The number of piperazine rings is 1. The molecular weight excluding hydrogens is 186 g/mol. The van der Waals surface area contributed by atoms with Crippen LogP contribution in [0.15, 0.2) is 24.4 Å². The Morgan fingerprint density at radius 2 is 2.20 bits per heavy atom. The van der Waals surface area contributed by atoms with Crippen LogP contribution < -0.4 is 10.2 Å². The fourth-order valence-electron chi connectivity index (χ4n) is 1.86. The number of nitrogens with one attached hydrogen (secondary N) is 1. The molecule has 0 spiro atoms. The first-order chi connectivity index (χ1) is 7.42. The average molecular weight is 203 g/mol. The zero-order chi connectivity index (χ0) is 10.5. The molecule has 80 valence electrons. The Balaban J connectivity index is 2.25.